The van der Waals surface area contributed by atoms with Crippen LogP contribution in [0.1, 0.15) is 75.9 Å². The molecule has 3 atom stereocenters. The number of pyridine rings is 1. The number of alkyl halides is 1. The van der Waals surface area contributed by atoms with E-state index in [1.165, 1.54) is 37.9 Å². The Kier molecular flexibility index (Phi) is 10.3. The van der Waals surface area contributed by atoms with Crippen LogP contribution in [0, 0.1) is 11.8 Å². The number of fused-ring (bicyclic) bond motifs is 1. The lowest BCUT2D eigenvalue weighted by Gasteiger charge is -2.39. The van der Waals surface area contributed by atoms with Crippen molar-refractivity contribution in [2.45, 2.75) is 75.6 Å². The highest BCUT2D eigenvalue weighted by atomic mass is 32.2. The molecule has 1 aliphatic heterocycles. The summed E-state index contributed by atoms with van der Waals surface area (Å²) < 4.78 is 20.9. The molecule has 0 bridgehead atoms. The van der Waals surface area contributed by atoms with Gasteiger partial charge in [0.15, 0.2) is 0 Å². The van der Waals surface area contributed by atoms with Crippen LogP contribution >= 0.6 is 11.8 Å². The lowest BCUT2D eigenvalue weighted by atomic mass is 9.79. The number of rotatable bonds is 13. The molecule has 2 aromatic rings. The van der Waals surface area contributed by atoms with Crippen LogP contribution in [0.15, 0.2) is 30.5 Å². The molecule has 1 aromatic carbocycles. The minimum Gasteiger partial charge on any atom is -0.497 e. The number of nitrogens with zero attached hydrogens (tertiary/aromatic N) is 2. The summed E-state index contributed by atoms with van der Waals surface area (Å²) in [4.78, 5) is 18.2. The number of hydrogen-bond acceptors (Lipinski definition) is 5. The Morgan fingerprint density at radius 2 is 2.06 bits per heavy atom. The summed E-state index contributed by atoms with van der Waals surface area (Å²) in [5, 5.41) is 11.0. The van der Waals surface area contributed by atoms with E-state index in [1.807, 2.05) is 18.2 Å². The van der Waals surface area contributed by atoms with Crippen LogP contribution in [0.2, 0.25) is 0 Å². The lowest BCUT2D eigenvalue weighted by molar-refractivity contribution is -0.137. The topological polar surface area (TPSA) is 62.7 Å². The molecule has 0 radical (unpaired) electrons. The second-order valence-electron chi connectivity index (χ2n) is 10.5. The number of aliphatic carboxylic acids is 1. The van der Waals surface area contributed by atoms with Crippen molar-refractivity contribution in [1.82, 2.24) is 9.88 Å². The summed E-state index contributed by atoms with van der Waals surface area (Å²) >= 11 is 2.14. The molecule has 2 fully saturated rings. The first-order chi connectivity index (χ1) is 17.5. The van der Waals surface area contributed by atoms with Gasteiger partial charge in [-0.25, -0.2) is 4.39 Å². The highest BCUT2D eigenvalue weighted by Gasteiger charge is 2.30. The van der Waals surface area contributed by atoms with Crippen LogP contribution in [-0.2, 0) is 4.79 Å². The number of hydrogen-bond donors (Lipinski definition) is 1. The highest BCUT2D eigenvalue weighted by Crippen LogP contribution is 2.37. The molecular formula is C29H41FN2O3S. The average Bonchev–Trinajstić information content (AvgIpc) is 3.42. The molecule has 0 unspecified atom stereocenters. The molecule has 0 spiro atoms. The molecule has 7 heteroatoms. The first-order valence-corrected chi connectivity index (χ1v) is 14.7. The van der Waals surface area contributed by atoms with Gasteiger partial charge in [0, 0.05) is 29.8 Å². The SMILES string of the molecule is COc1ccc2nccc([C@H](F)CC[C@@H]3CCN(CCCSC4CCCC4)C[C@H]3CCC(=O)O)c2c1. The number of halogens is 1. The number of carboxylic acid groups (broad SMARTS) is 1. The smallest absolute Gasteiger partial charge is 0.303 e. The monoisotopic (exact) mass is 516 g/mol. The van der Waals surface area contributed by atoms with Gasteiger partial charge in [0.2, 0.25) is 0 Å². The number of aromatic nitrogens is 1. The van der Waals surface area contributed by atoms with Gasteiger partial charge in [-0.05, 0) is 105 Å². The number of carboxylic acids is 1. The van der Waals surface area contributed by atoms with Gasteiger partial charge in [0.25, 0.3) is 0 Å². The summed E-state index contributed by atoms with van der Waals surface area (Å²) in [7, 11) is 1.61. The maximum absolute atomic E-state index is 15.5. The molecule has 36 heavy (non-hydrogen) atoms. The van der Waals surface area contributed by atoms with Crippen LogP contribution in [0.4, 0.5) is 4.39 Å². The highest BCUT2D eigenvalue weighted by molar-refractivity contribution is 7.99. The van der Waals surface area contributed by atoms with Crippen molar-refractivity contribution in [3.8, 4) is 5.75 Å². The second kappa shape index (κ2) is 13.6. The zero-order chi connectivity index (χ0) is 25.3. The number of thioether (sulfide) groups is 1. The van der Waals surface area contributed by atoms with Crippen molar-refractivity contribution in [2.75, 3.05) is 32.5 Å². The van der Waals surface area contributed by atoms with E-state index < -0.39 is 12.1 Å². The van der Waals surface area contributed by atoms with Gasteiger partial charge < -0.3 is 14.7 Å². The van der Waals surface area contributed by atoms with E-state index in [1.54, 1.807) is 19.4 Å². The van der Waals surface area contributed by atoms with Gasteiger partial charge >= 0.3 is 5.97 Å². The molecule has 1 aromatic heterocycles. The number of methoxy groups -OCH3 is 1. The zero-order valence-electron chi connectivity index (χ0n) is 21.5. The van der Waals surface area contributed by atoms with Crippen molar-refractivity contribution < 1.29 is 19.0 Å². The maximum Gasteiger partial charge on any atom is 0.303 e. The molecule has 2 aliphatic rings. The van der Waals surface area contributed by atoms with E-state index in [9.17, 15) is 9.90 Å². The predicted molar refractivity (Wildman–Crippen MR) is 146 cm³/mol. The lowest BCUT2D eigenvalue weighted by Crippen LogP contribution is -2.41. The maximum atomic E-state index is 15.5. The number of carbonyl (C=O) groups is 1. The van der Waals surface area contributed by atoms with E-state index in [0.717, 1.165) is 48.6 Å². The normalized spacial score (nSPS) is 22.2. The van der Waals surface area contributed by atoms with Crippen LogP contribution in [0.25, 0.3) is 10.9 Å². The van der Waals surface area contributed by atoms with Crippen LogP contribution in [-0.4, -0.2) is 58.7 Å². The van der Waals surface area contributed by atoms with Crippen molar-refractivity contribution in [1.29, 1.82) is 0 Å². The Morgan fingerprint density at radius 1 is 1.22 bits per heavy atom. The Hall–Kier alpha value is -1.86. The van der Waals surface area contributed by atoms with Gasteiger partial charge in [0.1, 0.15) is 11.9 Å². The summed E-state index contributed by atoms with van der Waals surface area (Å²) in [5.41, 5.74) is 1.44. The van der Waals surface area contributed by atoms with Crippen LogP contribution in [0.5, 0.6) is 5.75 Å². The van der Waals surface area contributed by atoms with Crippen molar-refractivity contribution >= 4 is 28.6 Å². The quantitative estimate of drug-likeness (QED) is 0.292. The summed E-state index contributed by atoms with van der Waals surface area (Å²) in [6, 6.07) is 7.36. The molecule has 1 saturated carbocycles. The molecular weight excluding hydrogens is 475 g/mol. The largest absolute Gasteiger partial charge is 0.497 e. The summed E-state index contributed by atoms with van der Waals surface area (Å²) in [6.07, 6.45) is 10.5. The second-order valence-corrected chi connectivity index (χ2v) is 11.9. The first kappa shape index (κ1) is 27.2. The third kappa shape index (κ3) is 7.58. The van der Waals surface area contributed by atoms with Crippen LogP contribution < -0.4 is 4.74 Å². The molecule has 4 rings (SSSR count). The molecule has 5 nitrogen and oxygen atoms in total. The number of likely N-dealkylation sites (tertiary alicyclic amines) is 1. The Labute approximate surface area is 219 Å². The third-order valence-corrected chi connectivity index (χ3v) is 9.56. The Morgan fingerprint density at radius 3 is 2.83 bits per heavy atom. The van der Waals surface area contributed by atoms with Crippen LogP contribution in [0.3, 0.4) is 0 Å². The minimum absolute atomic E-state index is 0.195. The summed E-state index contributed by atoms with van der Waals surface area (Å²) in [6.45, 7) is 3.07. The Bertz CT molecular complexity index is 984. The fourth-order valence-electron chi connectivity index (χ4n) is 6.03. The average molecular weight is 517 g/mol. The molecule has 198 valence electrons. The predicted octanol–water partition coefficient (Wildman–Crippen LogP) is 6.90. The molecule has 1 N–H and O–H groups in total. The standard InChI is InChI=1S/C29H41FN2O3S/c1-35-23-9-11-28-26(19-23)25(13-15-31-28)27(30)10-7-21-14-17-32(20-22(21)8-12-29(33)34)16-4-18-36-24-5-2-3-6-24/h9,11,13,15,19,21-22,24,27H,2-8,10,12,14,16-18,20H2,1H3,(H,33,34)/t21-,22-,27-/m1/s1. The number of piperidine rings is 1. The number of ether oxygens (including phenoxy) is 1. The Balaban J connectivity index is 1.31. The fourth-order valence-corrected chi connectivity index (χ4v) is 7.33. The van der Waals surface area contributed by atoms with E-state index >= 15 is 4.39 Å². The van der Waals surface area contributed by atoms with Gasteiger partial charge in [-0.15, -0.1) is 0 Å². The zero-order valence-corrected chi connectivity index (χ0v) is 22.4. The van der Waals surface area contributed by atoms with E-state index in [4.69, 9.17) is 4.74 Å². The van der Waals surface area contributed by atoms with Gasteiger partial charge in [-0.3, -0.25) is 9.78 Å². The van der Waals surface area contributed by atoms with E-state index in [-0.39, 0.29) is 6.42 Å². The molecule has 1 saturated heterocycles. The van der Waals surface area contributed by atoms with Gasteiger partial charge in [-0.2, -0.15) is 11.8 Å². The molecule has 0 amide bonds. The van der Waals surface area contributed by atoms with Gasteiger partial charge in [0.05, 0.1) is 12.6 Å². The number of benzene rings is 1. The fraction of sp³-hybridized carbons (Fsp3) is 0.655. The molecule has 1 aliphatic carbocycles. The third-order valence-electron chi connectivity index (χ3n) is 8.09. The van der Waals surface area contributed by atoms with Gasteiger partial charge in [-0.1, -0.05) is 12.8 Å². The minimum atomic E-state index is -1.08. The summed E-state index contributed by atoms with van der Waals surface area (Å²) in [5.74, 6) is 1.87. The van der Waals surface area contributed by atoms with E-state index in [2.05, 4.69) is 21.6 Å². The van der Waals surface area contributed by atoms with Crippen molar-refractivity contribution in [3.05, 3.63) is 36.0 Å². The van der Waals surface area contributed by atoms with Crippen molar-refractivity contribution in [2.24, 2.45) is 11.8 Å². The molecule has 2 heterocycles. The van der Waals surface area contributed by atoms with E-state index in [0.29, 0.717) is 36.0 Å². The first-order valence-electron chi connectivity index (χ1n) is 13.7. The van der Waals surface area contributed by atoms with Crippen molar-refractivity contribution in [3.63, 3.8) is 0 Å².